The second kappa shape index (κ2) is 10.8. The molecule has 1 saturated heterocycles. The molecule has 11 heteroatoms. The summed E-state index contributed by atoms with van der Waals surface area (Å²) in [7, 11) is -2.80. The Morgan fingerprint density at radius 3 is 2.34 bits per heavy atom. The second-order valence-electron chi connectivity index (χ2n) is 8.55. The zero-order chi connectivity index (χ0) is 23.5. The second-order valence-corrected chi connectivity index (χ2v) is 9.75. The van der Waals surface area contributed by atoms with Crippen LogP contribution in [0.2, 0.25) is 5.02 Å². The Balaban J connectivity index is 0.000000523. The third-order valence-corrected chi connectivity index (χ3v) is 6.66. The molecular weight excluding hydrogens is 463 g/mol. The van der Waals surface area contributed by atoms with E-state index in [-0.39, 0.29) is 23.7 Å². The largest absolute Gasteiger partial charge is 0.496 e. The summed E-state index contributed by atoms with van der Waals surface area (Å²) in [6.45, 7) is 5.18. The molecule has 3 aliphatic rings. The molecule has 9 nitrogen and oxygen atoms in total. The number of fused-ring (bicyclic) bond motifs is 1. The number of aliphatic hydroxyl groups is 1. The van der Waals surface area contributed by atoms with Gasteiger partial charge in [-0.25, -0.2) is 18.6 Å². The van der Waals surface area contributed by atoms with Crippen LogP contribution in [0, 0.1) is 22.1 Å². The van der Waals surface area contributed by atoms with E-state index in [9.17, 15) is 9.90 Å². The Morgan fingerprint density at radius 1 is 1.16 bits per heavy atom. The molecule has 4 rings (SSSR count). The lowest BCUT2D eigenvalue weighted by atomic mass is 9.72. The first-order chi connectivity index (χ1) is 15.0. The Kier molecular flexibility index (Phi) is 8.53. The van der Waals surface area contributed by atoms with Gasteiger partial charge < -0.3 is 14.7 Å². The van der Waals surface area contributed by atoms with Crippen molar-refractivity contribution < 1.29 is 48.4 Å². The number of aliphatic hydroxyl groups excluding tert-OH is 1. The van der Waals surface area contributed by atoms with E-state index in [0.717, 1.165) is 38.3 Å². The summed E-state index contributed by atoms with van der Waals surface area (Å²) in [5.41, 5.74) is 1.46. The molecule has 4 atom stereocenters. The number of hydrogen-bond acceptors (Lipinski definition) is 8. The number of nitrogens with zero attached hydrogens (tertiary/aromatic N) is 1. The first-order valence-corrected chi connectivity index (χ1v) is 12.1. The Hall–Kier alpha value is -1.27. The first kappa shape index (κ1) is 25.4. The summed E-state index contributed by atoms with van der Waals surface area (Å²) in [6.07, 6.45) is 2.35. The quantitative estimate of drug-likeness (QED) is 0.437. The van der Waals surface area contributed by atoms with Crippen molar-refractivity contribution in [1.82, 2.24) is 4.90 Å². The maximum Gasteiger partial charge on any atom is 0.173 e. The summed E-state index contributed by atoms with van der Waals surface area (Å²) in [5, 5.41) is 11.3. The van der Waals surface area contributed by atoms with Gasteiger partial charge in [0.2, 0.25) is 0 Å². The summed E-state index contributed by atoms with van der Waals surface area (Å²) >= 11 is 5.97. The summed E-state index contributed by atoms with van der Waals surface area (Å²) < 4.78 is 40.1. The van der Waals surface area contributed by atoms with Crippen molar-refractivity contribution in [1.29, 1.82) is 0 Å². The molecular formula is C21H28Cl2N2O7. The van der Waals surface area contributed by atoms with E-state index in [1.54, 1.807) is 18.4 Å². The number of rotatable bonds is 3. The smallest absolute Gasteiger partial charge is 0.173 e. The van der Waals surface area contributed by atoms with E-state index in [4.69, 9.17) is 35.0 Å². The molecule has 2 fully saturated rings. The predicted octanol–water partition coefficient (Wildman–Crippen LogP) is -3.89. The van der Waals surface area contributed by atoms with Gasteiger partial charge in [-0.15, -0.1) is 10.2 Å². The molecule has 0 spiro atoms. The van der Waals surface area contributed by atoms with E-state index in [0.29, 0.717) is 23.4 Å². The Bertz CT molecular complexity index is 801. The van der Waals surface area contributed by atoms with Crippen LogP contribution < -0.4 is 23.5 Å². The first-order valence-electron chi connectivity index (χ1n) is 10.5. The van der Waals surface area contributed by atoms with Gasteiger partial charge in [-0.05, 0) is 37.6 Å². The molecule has 0 amide bonds. The van der Waals surface area contributed by atoms with Gasteiger partial charge in [0, 0.05) is 18.1 Å². The van der Waals surface area contributed by atoms with Gasteiger partial charge in [-0.2, -0.15) is 0 Å². The van der Waals surface area contributed by atoms with Crippen molar-refractivity contribution in [2.45, 2.75) is 25.0 Å². The fraction of sp³-hybridized carbons (Fsp3) is 0.571. The minimum atomic E-state index is -4.94. The number of quaternary nitrogens is 1. The van der Waals surface area contributed by atoms with Crippen LogP contribution in [0.1, 0.15) is 18.4 Å². The van der Waals surface area contributed by atoms with Crippen molar-refractivity contribution in [3.8, 4) is 0 Å². The SMILES string of the molecule is CN1CC[NH+](CC2C(O)CCC3C(=O)C(c4ccc(Cl)cc4)=COC32)CC1.[O-][Cl+3]([O-])([O-])[O-]. The lowest BCUT2D eigenvalue weighted by molar-refractivity contribution is -2.00. The summed E-state index contributed by atoms with van der Waals surface area (Å²) in [6, 6.07) is 7.31. The molecule has 1 aliphatic carbocycles. The van der Waals surface area contributed by atoms with Crippen LogP contribution in [-0.4, -0.2) is 67.8 Å². The van der Waals surface area contributed by atoms with Crippen LogP contribution in [0.15, 0.2) is 30.5 Å². The third-order valence-electron chi connectivity index (χ3n) is 6.41. The monoisotopic (exact) mass is 490 g/mol. The molecule has 2 aliphatic heterocycles. The number of carbonyl (C=O) groups excluding carboxylic acids is 1. The molecule has 32 heavy (non-hydrogen) atoms. The Labute approximate surface area is 194 Å². The van der Waals surface area contributed by atoms with Crippen LogP contribution in [0.4, 0.5) is 0 Å². The normalized spacial score (nSPS) is 29.3. The molecule has 1 saturated carbocycles. The molecule has 0 aromatic heterocycles. The van der Waals surface area contributed by atoms with Crippen molar-refractivity contribution in [2.24, 2.45) is 11.8 Å². The number of likely N-dealkylation sites (N-methyl/N-ethyl adjacent to an activating group) is 1. The molecule has 0 bridgehead atoms. The number of hydrogen-bond donors (Lipinski definition) is 2. The van der Waals surface area contributed by atoms with E-state index < -0.39 is 16.3 Å². The maximum absolute atomic E-state index is 13.2. The number of piperazine rings is 1. The number of benzene rings is 1. The van der Waals surface area contributed by atoms with E-state index in [2.05, 4.69) is 11.9 Å². The highest BCUT2D eigenvalue weighted by molar-refractivity contribution is 6.30. The number of ketones is 1. The fourth-order valence-corrected chi connectivity index (χ4v) is 4.82. The predicted molar refractivity (Wildman–Crippen MR) is 105 cm³/mol. The number of allylic oxidation sites excluding steroid dienone is 1. The summed E-state index contributed by atoms with van der Waals surface area (Å²) in [5.74, 6) is -0.0195. The molecule has 1 aromatic rings. The van der Waals surface area contributed by atoms with Gasteiger partial charge in [0.05, 0.1) is 49.4 Å². The van der Waals surface area contributed by atoms with Gasteiger partial charge in [-0.3, -0.25) is 9.69 Å². The van der Waals surface area contributed by atoms with Crippen LogP contribution >= 0.6 is 11.6 Å². The van der Waals surface area contributed by atoms with Gasteiger partial charge >= 0.3 is 0 Å². The highest BCUT2D eigenvalue weighted by Gasteiger charge is 2.47. The van der Waals surface area contributed by atoms with Crippen LogP contribution in [0.5, 0.6) is 0 Å². The number of Topliss-reactive ketones (excluding diaryl/α,β-unsaturated/α-hetero) is 1. The van der Waals surface area contributed by atoms with Crippen molar-refractivity contribution in [3.63, 3.8) is 0 Å². The highest BCUT2D eigenvalue weighted by Crippen LogP contribution is 2.39. The van der Waals surface area contributed by atoms with Gasteiger partial charge in [-0.1, -0.05) is 23.7 Å². The molecule has 0 radical (unpaired) electrons. The number of nitrogens with one attached hydrogen (secondary N) is 1. The zero-order valence-electron chi connectivity index (χ0n) is 17.7. The average molecular weight is 491 g/mol. The zero-order valence-corrected chi connectivity index (χ0v) is 19.3. The number of carbonyl (C=O) groups is 1. The number of halogens is 2. The van der Waals surface area contributed by atoms with E-state index in [1.807, 2.05) is 12.1 Å². The highest BCUT2D eigenvalue weighted by atomic mass is 35.7. The molecule has 4 unspecified atom stereocenters. The molecule has 2 heterocycles. The van der Waals surface area contributed by atoms with Crippen LogP contribution in [0.25, 0.3) is 5.57 Å². The molecule has 2 N–H and O–H groups in total. The topological polar surface area (TPSA) is 146 Å². The van der Waals surface area contributed by atoms with Gasteiger partial charge in [0.15, 0.2) is 5.78 Å². The van der Waals surface area contributed by atoms with Crippen LogP contribution in [0.3, 0.4) is 0 Å². The van der Waals surface area contributed by atoms with Gasteiger partial charge in [0.1, 0.15) is 6.10 Å². The fourth-order valence-electron chi connectivity index (χ4n) is 4.69. The lowest BCUT2D eigenvalue weighted by Crippen LogP contribution is -3.15. The van der Waals surface area contributed by atoms with Crippen LogP contribution in [-0.2, 0) is 9.53 Å². The average Bonchev–Trinajstić information content (AvgIpc) is 2.71. The number of ether oxygens (including phenoxy) is 1. The standard InChI is InChI=1S/C21H27ClN2O3.ClHO4/c1-23-8-10-24(11-9-23)12-17-19(25)7-6-16-20(26)18(13-27-21(16)17)14-2-4-15(22)5-3-14;2-1(3,4)5/h2-5,13,16-17,19,21,25H,6-12H2,1H3;(H,2,3,4,5). The van der Waals surface area contributed by atoms with Gasteiger partial charge in [0.25, 0.3) is 0 Å². The van der Waals surface area contributed by atoms with E-state index >= 15 is 0 Å². The molecule has 1 aromatic carbocycles. The third kappa shape index (κ3) is 6.86. The lowest BCUT2D eigenvalue weighted by Gasteiger charge is -2.43. The van der Waals surface area contributed by atoms with Crippen molar-refractivity contribution >= 4 is 23.0 Å². The van der Waals surface area contributed by atoms with Crippen molar-refractivity contribution in [2.75, 3.05) is 39.8 Å². The molecule has 178 valence electrons. The summed E-state index contributed by atoms with van der Waals surface area (Å²) in [4.78, 5) is 17.0. The minimum Gasteiger partial charge on any atom is -0.496 e. The Morgan fingerprint density at radius 2 is 1.75 bits per heavy atom. The van der Waals surface area contributed by atoms with Crippen molar-refractivity contribution in [3.05, 3.63) is 41.1 Å². The minimum absolute atomic E-state index is 0.00845. The van der Waals surface area contributed by atoms with E-state index in [1.165, 1.54) is 4.90 Å². The maximum atomic E-state index is 13.2.